The summed E-state index contributed by atoms with van der Waals surface area (Å²) in [7, 11) is 0. The fourth-order valence-corrected chi connectivity index (χ4v) is 4.67. The zero-order valence-corrected chi connectivity index (χ0v) is 18.8. The molecule has 3 aromatic carbocycles. The maximum atomic E-state index is 13.2. The fraction of sp³-hybridized carbons (Fsp3) is 0.185. The van der Waals surface area contributed by atoms with Crippen LogP contribution in [0.3, 0.4) is 0 Å². The third-order valence-electron chi connectivity index (χ3n) is 6.09. The van der Waals surface area contributed by atoms with Gasteiger partial charge in [0.15, 0.2) is 0 Å². The first-order chi connectivity index (χ1) is 15.9. The molecule has 0 radical (unpaired) electrons. The summed E-state index contributed by atoms with van der Waals surface area (Å²) in [5, 5.41) is 11.8. The van der Waals surface area contributed by atoms with Gasteiger partial charge in [0.2, 0.25) is 0 Å². The summed E-state index contributed by atoms with van der Waals surface area (Å²) >= 11 is 6.08. The van der Waals surface area contributed by atoms with Crippen LogP contribution in [0.5, 0.6) is 5.75 Å². The van der Waals surface area contributed by atoms with Crippen molar-refractivity contribution in [2.45, 2.75) is 32.0 Å². The van der Waals surface area contributed by atoms with Gasteiger partial charge in [-0.05, 0) is 53.9 Å². The first kappa shape index (κ1) is 21.3. The molecule has 5 nitrogen and oxygen atoms in total. The number of ether oxygens (including phenoxy) is 1. The van der Waals surface area contributed by atoms with Crippen LogP contribution in [0.2, 0.25) is 5.02 Å². The van der Waals surface area contributed by atoms with E-state index in [2.05, 4.69) is 0 Å². The first-order valence-corrected chi connectivity index (χ1v) is 11.2. The quantitative estimate of drug-likeness (QED) is 0.327. The number of halogens is 1. The zero-order chi connectivity index (χ0) is 23.1. The summed E-state index contributed by atoms with van der Waals surface area (Å²) in [6, 6.07) is 21.1. The Morgan fingerprint density at radius 3 is 2.52 bits per heavy atom. The van der Waals surface area contributed by atoms with Crippen LogP contribution in [0.1, 0.15) is 35.2 Å². The predicted octanol–water partition coefficient (Wildman–Crippen LogP) is 5.29. The second-order valence-corrected chi connectivity index (χ2v) is 8.86. The van der Waals surface area contributed by atoms with Crippen molar-refractivity contribution in [2.75, 3.05) is 0 Å². The average Bonchev–Trinajstić information content (AvgIpc) is 3.31. The van der Waals surface area contributed by atoms with E-state index in [1.807, 2.05) is 43.3 Å². The molecule has 0 aliphatic carbocycles. The van der Waals surface area contributed by atoms with Gasteiger partial charge >= 0.3 is 0 Å². The molecule has 2 aliphatic heterocycles. The van der Waals surface area contributed by atoms with Gasteiger partial charge in [-0.1, -0.05) is 54.1 Å². The minimum absolute atomic E-state index is 0.0583. The highest BCUT2D eigenvalue weighted by Crippen LogP contribution is 2.41. The first-order valence-electron chi connectivity index (χ1n) is 10.8. The third-order valence-corrected chi connectivity index (χ3v) is 6.34. The smallest absolute Gasteiger partial charge is 0.295 e. The van der Waals surface area contributed by atoms with Gasteiger partial charge in [0, 0.05) is 23.6 Å². The van der Waals surface area contributed by atoms with Crippen LogP contribution in [0.25, 0.3) is 5.76 Å². The standard InChI is InChI=1S/C27H22ClNO4/c1-16-13-20-14-19(9-12-22(20)33-16)25(30)23-24(18-7-10-21(28)11-8-18)29(27(32)26(23)31)15-17-5-3-2-4-6-17/h2-12,14,16,24,30H,13,15H2,1H3/b25-23+/t16-,24+/m0/s1. The molecule has 0 spiro atoms. The number of fused-ring (bicyclic) bond motifs is 1. The van der Waals surface area contributed by atoms with Gasteiger partial charge in [0.05, 0.1) is 11.6 Å². The Balaban J connectivity index is 1.62. The van der Waals surface area contributed by atoms with Crippen molar-refractivity contribution in [3.05, 3.63) is 106 Å². The molecule has 2 heterocycles. The Morgan fingerprint density at radius 1 is 1.06 bits per heavy atom. The number of ketones is 1. The van der Waals surface area contributed by atoms with Gasteiger partial charge in [0.25, 0.3) is 11.7 Å². The summed E-state index contributed by atoms with van der Waals surface area (Å²) in [5.74, 6) is -0.754. The molecule has 0 saturated carbocycles. The number of hydrogen-bond donors (Lipinski definition) is 1. The summed E-state index contributed by atoms with van der Waals surface area (Å²) in [6.45, 7) is 2.22. The van der Waals surface area contributed by atoms with Crippen molar-refractivity contribution in [3.8, 4) is 5.75 Å². The molecular formula is C27H22ClNO4. The Kier molecular flexibility index (Phi) is 5.43. The highest BCUT2D eigenvalue weighted by atomic mass is 35.5. The van der Waals surface area contributed by atoms with Crippen LogP contribution in [0, 0.1) is 0 Å². The van der Waals surface area contributed by atoms with E-state index < -0.39 is 17.7 Å². The second-order valence-electron chi connectivity index (χ2n) is 8.42. The number of likely N-dealkylation sites (tertiary alicyclic amines) is 1. The number of nitrogens with zero attached hydrogens (tertiary/aromatic N) is 1. The molecule has 1 saturated heterocycles. The molecular weight excluding hydrogens is 438 g/mol. The van der Waals surface area contributed by atoms with Crippen LogP contribution >= 0.6 is 11.6 Å². The van der Waals surface area contributed by atoms with Crippen LogP contribution in [0.15, 0.2) is 78.4 Å². The minimum Gasteiger partial charge on any atom is -0.507 e. The normalized spacial score (nSPS) is 21.2. The Labute approximate surface area is 196 Å². The topological polar surface area (TPSA) is 66.8 Å². The number of amides is 1. The zero-order valence-electron chi connectivity index (χ0n) is 18.0. The molecule has 1 N–H and O–H groups in total. The molecule has 2 aliphatic rings. The van der Waals surface area contributed by atoms with Crippen molar-refractivity contribution < 1.29 is 19.4 Å². The largest absolute Gasteiger partial charge is 0.507 e. The molecule has 0 unspecified atom stereocenters. The number of aliphatic hydroxyl groups is 1. The highest BCUT2D eigenvalue weighted by molar-refractivity contribution is 6.46. The number of rotatable bonds is 4. The van der Waals surface area contributed by atoms with E-state index in [-0.39, 0.29) is 24.0 Å². The third kappa shape index (κ3) is 3.89. The van der Waals surface area contributed by atoms with E-state index in [1.165, 1.54) is 4.90 Å². The molecule has 0 bridgehead atoms. The van der Waals surface area contributed by atoms with Crippen molar-refractivity contribution >= 4 is 29.1 Å². The van der Waals surface area contributed by atoms with Gasteiger partial charge in [-0.3, -0.25) is 9.59 Å². The van der Waals surface area contributed by atoms with Crippen LogP contribution < -0.4 is 4.74 Å². The molecule has 6 heteroatoms. The van der Waals surface area contributed by atoms with Gasteiger partial charge < -0.3 is 14.7 Å². The van der Waals surface area contributed by atoms with Gasteiger partial charge in [-0.2, -0.15) is 0 Å². The average molecular weight is 460 g/mol. The van der Waals surface area contributed by atoms with Crippen LogP contribution in [-0.2, 0) is 22.6 Å². The summed E-state index contributed by atoms with van der Waals surface area (Å²) in [4.78, 5) is 27.8. The highest BCUT2D eigenvalue weighted by Gasteiger charge is 2.46. The van der Waals surface area contributed by atoms with Crippen molar-refractivity contribution in [3.63, 3.8) is 0 Å². The predicted molar refractivity (Wildman–Crippen MR) is 126 cm³/mol. The lowest BCUT2D eigenvalue weighted by Crippen LogP contribution is -2.29. The van der Waals surface area contributed by atoms with Gasteiger partial charge in [0.1, 0.15) is 17.6 Å². The molecule has 2 atom stereocenters. The van der Waals surface area contributed by atoms with Gasteiger partial charge in [-0.15, -0.1) is 0 Å². The maximum absolute atomic E-state index is 13.2. The van der Waals surface area contributed by atoms with E-state index in [4.69, 9.17) is 16.3 Å². The SMILES string of the molecule is C[C@H]1Cc2cc(/C(O)=C3\C(=O)C(=O)N(Cc4ccccc4)[C@@H]3c3ccc(Cl)cc3)ccc2O1. The molecule has 166 valence electrons. The van der Waals surface area contributed by atoms with E-state index in [1.54, 1.807) is 36.4 Å². The Morgan fingerprint density at radius 2 is 1.79 bits per heavy atom. The lowest BCUT2D eigenvalue weighted by molar-refractivity contribution is -0.140. The minimum atomic E-state index is -0.731. The number of carbonyl (C=O) groups excluding carboxylic acids is 2. The summed E-state index contributed by atoms with van der Waals surface area (Å²) in [5.41, 5.74) is 3.12. The summed E-state index contributed by atoms with van der Waals surface area (Å²) in [6.07, 6.45) is 0.780. The van der Waals surface area contributed by atoms with E-state index >= 15 is 0 Å². The molecule has 1 amide bonds. The number of hydrogen-bond acceptors (Lipinski definition) is 4. The molecule has 33 heavy (non-hydrogen) atoms. The molecule has 1 fully saturated rings. The second kappa shape index (κ2) is 8.41. The number of carbonyl (C=O) groups is 2. The van der Waals surface area contributed by atoms with Crippen molar-refractivity contribution in [1.29, 1.82) is 0 Å². The van der Waals surface area contributed by atoms with Crippen LogP contribution in [-0.4, -0.2) is 27.8 Å². The number of Topliss-reactive ketones (excluding diaryl/α,β-unsaturated/α-hetero) is 1. The maximum Gasteiger partial charge on any atom is 0.295 e. The molecule has 5 rings (SSSR count). The molecule has 0 aromatic heterocycles. The van der Waals surface area contributed by atoms with Gasteiger partial charge in [-0.25, -0.2) is 0 Å². The Bertz CT molecular complexity index is 1270. The van der Waals surface area contributed by atoms with Crippen molar-refractivity contribution in [2.24, 2.45) is 0 Å². The number of benzene rings is 3. The van der Waals surface area contributed by atoms with E-state index in [9.17, 15) is 14.7 Å². The monoisotopic (exact) mass is 459 g/mol. The van der Waals surface area contributed by atoms with Crippen LogP contribution in [0.4, 0.5) is 0 Å². The Hall–Kier alpha value is -3.57. The lowest BCUT2D eigenvalue weighted by atomic mass is 9.94. The molecule has 3 aromatic rings. The van der Waals surface area contributed by atoms with E-state index in [0.29, 0.717) is 16.1 Å². The van der Waals surface area contributed by atoms with Crippen molar-refractivity contribution in [1.82, 2.24) is 4.90 Å². The number of aliphatic hydroxyl groups excluding tert-OH is 1. The van der Waals surface area contributed by atoms with E-state index in [0.717, 1.165) is 23.3 Å². The summed E-state index contributed by atoms with van der Waals surface area (Å²) < 4.78 is 5.75. The fourth-order valence-electron chi connectivity index (χ4n) is 4.54. The lowest BCUT2D eigenvalue weighted by Gasteiger charge is -2.25.